The van der Waals surface area contributed by atoms with Gasteiger partial charge in [0.05, 0.1) is 11.4 Å². The van der Waals surface area contributed by atoms with E-state index in [1.165, 1.54) is 18.2 Å². The number of benzene rings is 3. The lowest BCUT2D eigenvalue weighted by molar-refractivity contribution is 0.189. The van der Waals surface area contributed by atoms with E-state index in [0.717, 1.165) is 54.6 Å². The Bertz CT molecular complexity index is 1800. The van der Waals surface area contributed by atoms with Crippen LogP contribution < -0.4 is 10.6 Å². The molecule has 0 spiro atoms. The van der Waals surface area contributed by atoms with Crippen molar-refractivity contribution in [1.29, 1.82) is 0 Å². The molecule has 0 saturated carbocycles. The number of sulfonamides is 1. The van der Waals surface area contributed by atoms with E-state index in [2.05, 4.69) is 31.4 Å². The van der Waals surface area contributed by atoms with Crippen molar-refractivity contribution in [3.05, 3.63) is 102 Å². The number of rotatable bonds is 7. The maximum atomic E-state index is 14.4. The fourth-order valence-corrected chi connectivity index (χ4v) is 8.64. The van der Waals surface area contributed by atoms with Gasteiger partial charge in [0.15, 0.2) is 0 Å². The van der Waals surface area contributed by atoms with Gasteiger partial charge in [-0.2, -0.15) is 9.40 Å². The van der Waals surface area contributed by atoms with Gasteiger partial charge in [-0.05, 0) is 86.9 Å². The van der Waals surface area contributed by atoms with Crippen LogP contribution in [0.1, 0.15) is 63.3 Å². The molecule has 0 aliphatic carbocycles. The molecule has 2 atom stereocenters. The molecule has 4 aromatic rings. The number of fused-ring (bicyclic) bond motifs is 2. The fourth-order valence-electron chi connectivity index (χ4n) is 6.68. The van der Waals surface area contributed by atoms with Crippen LogP contribution in [0.15, 0.2) is 83.8 Å². The van der Waals surface area contributed by atoms with E-state index in [1.54, 1.807) is 15.1 Å². The third kappa shape index (κ3) is 6.53. The Hall–Kier alpha value is -4.02. The predicted molar refractivity (Wildman–Crippen MR) is 175 cm³/mol. The summed E-state index contributed by atoms with van der Waals surface area (Å²) in [6.45, 7) is 8.28. The van der Waals surface area contributed by atoms with Crippen LogP contribution in [0.4, 0.5) is 20.7 Å². The quantitative estimate of drug-likeness (QED) is 0.222. The number of hydrogen-bond donors (Lipinski definition) is 2. The zero-order valence-corrected chi connectivity index (χ0v) is 26.9. The van der Waals surface area contributed by atoms with Gasteiger partial charge in [-0.3, -0.25) is 5.32 Å². The Labute approximate surface area is 264 Å². The Kier molecular flexibility index (Phi) is 8.30. The van der Waals surface area contributed by atoms with Gasteiger partial charge >= 0.3 is 6.03 Å². The molecule has 2 saturated heterocycles. The summed E-state index contributed by atoms with van der Waals surface area (Å²) < 4.78 is 44.6. The summed E-state index contributed by atoms with van der Waals surface area (Å²) in [5.41, 5.74) is 4.40. The average molecular weight is 630 g/mol. The minimum Gasteiger partial charge on any atom is -0.308 e. The van der Waals surface area contributed by atoms with Crippen LogP contribution in [0.5, 0.6) is 0 Å². The molecule has 3 aromatic carbocycles. The lowest BCUT2D eigenvalue weighted by Gasteiger charge is -2.38. The van der Waals surface area contributed by atoms with E-state index in [0.29, 0.717) is 17.4 Å². The molecular weight excluding hydrogens is 589 g/mol. The second kappa shape index (κ2) is 12.1. The normalized spacial score (nSPS) is 20.2. The number of amides is 2. The molecule has 8 nitrogen and oxygen atoms in total. The van der Waals surface area contributed by atoms with E-state index in [-0.39, 0.29) is 28.4 Å². The van der Waals surface area contributed by atoms with E-state index < -0.39 is 15.8 Å². The number of urea groups is 1. The predicted octanol–water partition coefficient (Wildman–Crippen LogP) is 7.44. The van der Waals surface area contributed by atoms with Crippen molar-refractivity contribution in [2.45, 2.75) is 82.2 Å². The average Bonchev–Trinajstić information content (AvgIpc) is 3.53. The van der Waals surface area contributed by atoms with Crippen molar-refractivity contribution in [2.24, 2.45) is 5.92 Å². The summed E-state index contributed by atoms with van der Waals surface area (Å²) in [5, 5.41) is 10.7. The summed E-state index contributed by atoms with van der Waals surface area (Å²) in [4.78, 5) is 13.0. The number of aryl methyl sites for hydroxylation is 1. The first-order valence-corrected chi connectivity index (χ1v) is 16.9. The summed E-state index contributed by atoms with van der Waals surface area (Å²) in [7, 11) is -3.90. The SMILES string of the molecule is Cc1ccc(-n2nc(C(C)(C)C)cc2NC(=O)Nc2cccc(CC3CC4CCC(C3)N4S(=O)(=O)c3ccccc3F)c2)cc1. The number of carbonyl (C=O) groups is 1. The Morgan fingerprint density at radius 2 is 1.62 bits per heavy atom. The third-order valence-corrected chi connectivity index (χ3v) is 10.9. The molecule has 2 unspecified atom stereocenters. The Morgan fingerprint density at radius 3 is 2.29 bits per heavy atom. The van der Waals surface area contributed by atoms with Crippen LogP contribution in [0.25, 0.3) is 5.69 Å². The molecule has 236 valence electrons. The number of hydrogen-bond acceptors (Lipinski definition) is 4. The number of nitrogens with one attached hydrogen (secondary N) is 2. The van der Waals surface area contributed by atoms with Crippen molar-refractivity contribution >= 4 is 27.6 Å². The number of anilines is 2. The first-order valence-electron chi connectivity index (χ1n) is 15.5. The van der Waals surface area contributed by atoms with Crippen molar-refractivity contribution in [2.75, 3.05) is 10.6 Å². The first kappa shape index (κ1) is 31.0. The second-order valence-electron chi connectivity index (χ2n) is 13.4. The number of halogens is 1. The first-order chi connectivity index (χ1) is 21.4. The largest absolute Gasteiger partial charge is 0.324 e. The van der Waals surface area contributed by atoms with Crippen molar-refractivity contribution in [3.8, 4) is 5.69 Å². The lowest BCUT2D eigenvalue weighted by atomic mass is 9.87. The fraction of sp³-hybridized carbons (Fsp3) is 0.371. The molecule has 2 fully saturated rings. The molecule has 6 rings (SSSR count). The highest BCUT2D eigenvalue weighted by Crippen LogP contribution is 2.43. The van der Waals surface area contributed by atoms with Crippen LogP contribution in [0.2, 0.25) is 0 Å². The molecule has 2 aliphatic heterocycles. The molecule has 45 heavy (non-hydrogen) atoms. The van der Waals surface area contributed by atoms with Crippen LogP contribution in [-0.4, -0.2) is 40.6 Å². The molecule has 2 N–H and O–H groups in total. The maximum absolute atomic E-state index is 14.4. The maximum Gasteiger partial charge on any atom is 0.324 e. The molecule has 10 heteroatoms. The van der Waals surface area contributed by atoms with Crippen molar-refractivity contribution < 1.29 is 17.6 Å². The van der Waals surface area contributed by atoms with Crippen LogP contribution >= 0.6 is 0 Å². The van der Waals surface area contributed by atoms with E-state index in [4.69, 9.17) is 5.10 Å². The number of carbonyl (C=O) groups excluding carboxylic acids is 1. The van der Waals surface area contributed by atoms with Crippen molar-refractivity contribution in [3.63, 3.8) is 0 Å². The van der Waals surface area contributed by atoms with E-state index in [1.807, 2.05) is 61.5 Å². The van der Waals surface area contributed by atoms with Gasteiger partial charge in [-0.25, -0.2) is 22.3 Å². The van der Waals surface area contributed by atoms with Crippen LogP contribution in [0, 0.1) is 18.7 Å². The molecule has 2 amide bonds. The van der Waals surface area contributed by atoms with Crippen molar-refractivity contribution in [1.82, 2.24) is 14.1 Å². The van der Waals surface area contributed by atoms with Crippen LogP contribution in [0.3, 0.4) is 0 Å². The third-order valence-electron chi connectivity index (χ3n) is 8.86. The van der Waals surface area contributed by atoms with Gasteiger partial charge in [0.25, 0.3) is 0 Å². The molecule has 0 radical (unpaired) electrons. The molecule has 3 heterocycles. The highest BCUT2D eigenvalue weighted by molar-refractivity contribution is 7.89. The van der Waals surface area contributed by atoms with Gasteiger partial charge in [-0.15, -0.1) is 0 Å². The monoisotopic (exact) mass is 629 g/mol. The molecule has 1 aromatic heterocycles. The minimum atomic E-state index is -3.90. The van der Waals surface area contributed by atoms with Gasteiger partial charge < -0.3 is 5.32 Å². The van der Waals surface area contributed by atoms with Gasteiger partial charge in [-0.1, -0.05) is 62.7 Å². The highest BCUT2D eigenvalue weighted by Gasteiger charge is 2.47. The standard InChI is InChI=1S/C35H40FN5O3S/c1-23-12-14-27(15-13-23)40-33(22-32(39-40)35(2,3)4)38-34(42)37-26-9-7-8-24(19-26)18-25-20-28-16-17-29(21-25)41(28)45(43,44)31-11-6-5-10-30(31)36/h5-15,19,22,25,28-29H,16-18,20-21H2,1-4H3,(H2,37,38,42). The smallest absolute Gasteiger partial charge is 0.308 e. The van der Waals surface area contributed by atoms with Gasteiger partial charge in [0, 0.05) is 29.3 Å². The summed E-state index contributed by atoms with van der Waals surface area (Å²) in [5.74, 6) is 0.157. The molecule has 2 bridgehead atoms. The van der Waals surface area contributed by atoms with Crippen LogP contribution in [-0.2, 0) is 21.9 Å². The number of nitrogens with zero attached hydrogens (tertiary/aromatic N) is 3. The topological polar surface area (TPSA) is 96.3 Å². The summed E-state index contributed by atoms with van der Waals surface area (Å²) in [6.07, 6.45) is 3.79. The Morgan fingerprint density at radius 1 is 0.933 bits per heavy atom. The summed E-state index contributed by atoms with van der Waals surface area (Å²) in [6, 6.07) is 22.7. The zero-order chi connectivity index (χ0) is 31.9. The molecular formula is C35H40FN5O3S. The number of aromatic nitrogens is 2. The van der Waals surface area contributed by atoms with Gasteiger partial charge in [0.2, 0.25) is 10.0 Å². The van der Waals surface area contributed by atoms with E-state index >= 15 is 0 Å². The van der Waals surface area contributed by atoms with Gasteiger partial charge in [0.1, 0.15) is 16.5 Å². The zero-order valence-electron chi connectivity index (χ0n) is 26.1. The van der Waals surface area contributed by atoms with E-state index in [9.17, 15) is 17.6 Å². The number of piperidine rings is 1. The summed E-state index contributed by atoms with van der Waals surface area (Å²) >= 11 is 0. The molecule has 2 aliphatic rings. The lowest BCUT2D eigenvalue weighted by Crippen LogP contribution is -2.47. The minimum absolute atomic E-state index is 0.137. The Balaban J connectivity index is 1.13. The second-order valence-corrected chi connectivity index (χ2v) is 15.2. The highest BCUT2D eigenvalue weighted by atomic mass is 32.2.